The molecule has 0 bridgehead atoms. The summed E-state index contributed by atoms with van der Waals surface area (Å²) in [6.07, 6.45) is 0. The quantitative estimate of drug-likeness (QED) is 0.756. The monoisotopic (exact) mass is 324 g/mol. The van der Waals surface area contributed by atoms with E-state index in [2.05, 4.69) is 15.7 Å². The number of para-hydroxylation sites is 1. The molecule has 2 N–H and O–H groups in total. The predicted molar refractivity (Wildman–Crippen MR) is 92.1 cm³/mol. The third-order valence-electron chi connectivity index (χ3n) is 3.63. The van der Waals surface area contributed by atoms with E-state index in [9.17, 15) is 9.18 Å². The molecule has 0 unspecified atom stereocenters. The first-order chi connectivity index (χ1) is 11.5. The minimum absolute atomic E-state index is 0.350. The summed E-state index contributed by atoms with van der Waals surface area (Å²) in [4.78, 5) is 12.2. The van der Waals surface area contributed by atoms with Crippen molar-refractivity contribution in [1.29, 1.82) is 0 Å². The Labute approximate surface area is 139 Å². The van der Waals surface area contributed by atoms with E-state index >= 15 is 0 Å². The zero-order valence-electron chi connectivity index (χ0n) is 13.4. The normalized spacial score (nSPS) is 10.5. The molecule has 1 heterocycles. The SMILES string of the molecule is Cc1nn(-c2ccccc2)c(C)c1NC(=O)Nc1ccc(F)cc1. The van der Waals surface area contributed by atoms with Gasteiger partial charge in [0, 0.05) is 5.69 Å². The fraction of sp³-hybridized carbons (Fsp3) is 0.111. The Morgan fingerprint density at radius 1 is 1.00 bits per heavy atom. The molecule has 0 aliphatic carbocycles. The lowest BCUT2D eigenvalue weighted by Gasteiger charge is -2.08. The van der Waals surface area contributed by atoms with Crippen LogP contribution in [0.1, 0.15) is 11.4 Å². The van der Waals surface area contributed by atoms with Crippen LogP contribution in [-0.4, -0.2) is 15.8 Å². The number of halogens is 1. The molecule has 2 aromatic carbocycles. The van der Waals surface area contributed by atoms with Crippen LogP contribution >= 0.6 is 0 Å². The first kappa shape index (κ1) is 15.7. The Hall–Kier alpha value is -3.15. The van der Waals surface area contributed by atoms with Crippen molar-refractivity contribution in [3.8, 4) is 5.69 Å². The number of rotatable bonds is 3. The fourth-order valence-corrected chi connectivity index (χ4v) is 2.45. The molecule has 3 aromatic rings. The molecule has 6 heteroatoms. The van der Waals surface area contributed by atoms with Gasteiger partial charge in [-0.3, -0.25) is 0 Å². The lowest BCUT2D eigenvalue weighted by atomic mass is 10.3. The topological polar surface area (TPSA) is 59.0 Å². The maximum atomic E-state index is 12.9. The number of hydrogen-bond acceptors (Lipinski definition) is 2. The minimum Gasteiger partial charge on any atom is -0.308 e. The second kappa shape index (κ2) is 6.54. The Bertz CT molecular complexity index is 857. The van der Waals surface area contributed by atoms with Gasteiger partial charge in [-0.25, -0.2) is 13.9 Å². The first-order valence-electron chi connectivity index (χ1n) is 7.50. The van der Waals surface area contributed by atoms with Crippen molar-refractivity contribution in [1.82, 2.24) is 9.78 Å². The summed E-state index contributed by atoms with van der Waals surface area (Å²) >= 11 is 0. The second-order valence-electron chi connectivity index (χ2n) is 5.38. The maximum absolute atomic E-state index is 12.9. The molecule has 3 rings (SSSR count). The van der Waals surface area contributed by atoms with Crippen molar-refractivity contribution in [2.45, 2.75) is 13.8 Å². The lowest BCUT2D eigenvalue weighted by Crippen LogP contribution is -2.20. The van der Waals surface area contributed by atoms with Crippen molar-refractivity contribution in [3.05, 3.63) is 71.8 Å². The van der Waals surface area contributed by atoms with E-state index in [4.69, 9.17) is 0 Å². The molecular weight excluding hydrogens is 307 g/mol. The molecule has 122 valence electrons. The standard InChI is InChI=1S/C18H17FN4O/c1-12-17(13(2)23(22-12)16-6-4-3-5-7-16)21-18(24)20-15-10-8-14(19)9-11-15/h3-11H,1-2H3,(H2,20,21,24). The van der Waals surface area contributed by atoms with Gasteiger partial charge >= 0.3 is 6.03 Å². The van der Waals surface area contributed by atoms with E-state index in [0.29, 0.717) is 17.1 Å². The summed E-state index contributed by atoms with van der Waals surface area (Å²) in [5, 5.41) is 9.95. The number of anilines is 2. The van der Waals surface area contributed by atoms with Gasteiger partial charge in [-0.1, -0.05) is 18.2 Å². The van der Waals surface area contributed by atoms with Gasteiger partial charge in [-0.15, -0.1) is 0 Å². The van der Waals surface area contributed by atoms with Crippen LogP contribution in [0.3, 0.4) is 0 Å². The summed E-state index contributed by atoms with van der Waals surface area (Å²) in [6.45, 7) is 3.72. The molecule has 0 saturated carbocycles. The zero-order chi connectivity index (χ0) is 17.1. The van der Waals surface area contributed by atoms with Crippen LogP contribution in [0.5, 0.6) is 0 Å². The van der Waals surface area contributed by atoms with Crippen LogP contribution in [-0.2, 0) is 0 Å². The third-order valence-corrected chi connectivity index (χ3v) is 3.63. The number of hydrogen-bond donors (Lipinski definition) is 2. The summed E-state index contributed by atoms with van der Waals surface area (Å²) in [5.41, 5.74) is 3.63. The highest BCUT2D eigenvalue weighted by atomic mass is 19.1. The van der Waals surface area contributed by atoms with Gasteiger partial charge in [0.1, 0.15) is 5.82 Å². The smallest absolute Gasteiger partial charge is 0.308 e. The van der Waals surface area contributed by atoms with Gasteiger partial charge in [0.15, 0.2) is 0 Å². The Morgan fingerprint density at radius 2 is 1.67 bits per heavy atom. The van der Waals surface area contributed by atoms with E-state index in [1.807, 2.05) is 44.2 Å². The summed E-state index contributed by atoms with van der Waals surface area (Å²) in [5.74, 6) is -0.350. The van der Waals surface area contributed by atoms with Gasteiger partial charge in [-0.2, -0.15) is 5.10 Å². The van der Waals surface area contributed by atoms with Crippen molar-refractivity contribution < 1.29 is 9.18 Å². The van der Waals surface area contributed by atoms with Gasteiger partial charge in [0.2, 0.25) is 0 Å². The molecule has 0 saturated heterocycles. The van der Waals surface area contributed by atoms with Crippen LogP contribution in [0.4, 0.5) is 20.6 Å². The molecule has 0 radical (unpaired) electrons. The van der Waals surface area contributed by atoms with E-state index in [0.717, 1.165) is 11.4 Å². The van der Waals surface area contributed by atoms with E-state index in [-0.39, 0.29) is 5.82 Å². The zero-order valence-corrected chi connectivity index (χ0v) is 13.4. The van der Waals surface area contributed by atoms with Crippen LogP contribution in [0.2, 0.25) is 0 Å². The number of aromatic nitrogens is 2. The molecule has 5 nitrogen and oxygen atoms in total. The Morgan fingerprint density at radius 3 is 2.33 bits per heavy atom. The van der Waals surface area contributed by atoms with Gasteiger partial charge in [0.05, 0.1) is 22.8 Å². The number of nitrogens with one attached hydrogen (secondary N) is 2. The van der Waals surface area contributed by atoms with Crippen molar-refractivity contribution in [2.24, 2.45) is 0 Å². The summed E-state index contributed by atoms with van der Waals surface area (Å²) in [6, 6.07) is 14.9. The van der Waals surface area contributed by atoms with Gasteiger partial charge in [0.25, 0.3) is 0 Å². The summed E-state index contributed by atoms with van der Waals surface area (Å²) in [7, 11) is 0. The third kappa shape index (κ3) is 3.27. The fourth-order valence-electron chi connectivity index (χ4n) is 2.45. The van der Waals surface area contributed by atoms with Crippen LogP contribution in [0.25, 0.3) is 5.69 Å². The van der Waals surface area contributed by atoms with Crippen molar-refractivity contribution in [2.75, 3.05) is 10.6 Å². The van der Waals surface area contributed by atoms with Gasteiger partial charge < -0.3 is 10.6 Å². The maximum Gasteiger partial charge on any atom is 0.323 e. The average molecular weight is 324 g/mol. The van der Waals surface area contributed by atoms with Gasteiger partial charge in [-0.05, 0) is 50.2 Å². The Kier molecular flexibility index (Phi) is 4.29. The number of nitrogens with zero attached hydrogens (tertiary/aromatic N) is 2. The molecule has 0 aliphatic rings. The molecular formula is C18H17FN4O. The summed E-state index contributed by atoms with van der Waals surface area (Å²) < 4.78 is 14.7. The highest BCUT2D eigenvalue weighted by molar-refractivity contribution is 6.00. The number of benzene rings is 2. The number of carbonyl (C=O) groups excluding carboxylic acids is 1. The molecule has 0 fully saturated rings. The van der Waals surface area contributed by atoms with Crippen LogP contribution in [0, 0.1) is 19.7 Å². The second-order valence-corrected chi connectivity index (χ2v) is 5.38. The number of urea groups is 1. The highest BCUT2D eigenvalue weighted by Crippen LogP contribution is 2.23. The first-order valence-corrected chi connectivity index (χ1v) is 7.50. The average Bonchev–Trinajstić information content (AvgIpc) is 2.86. The Balaban J connectivity index is 1.79. The van der Waals surface area contributed by atoms with E-state index in [1.54, 1.807) is 4.68 Å². The van der Waals surface area contributed by atoms with E-state index in [1.165, 1.54) is 24.3 Å². The molecule has 2 amide bonds. The van der Waals surface area contributed by atoms with Crippen molar-refractivity contribution >= 4 is 17.4 Å². The minimum atomic E-state index is -0.402. The van der Waals surface area contributed by atoms with Crippen LogP contribution in [0.15, 0.2) is 54.6 Å². The molecule has 0 aliphatic heterocycles. The predicted octanol–water partition coefficient (Wildman–Crippen LogP) is 4.27. The molecule has 0 spiro atoms. The van der Waals surface area contributed by atoms with E-state index < -0.39 is 6.03 Å². The lowest BCUT2D eigenvalue weighted by molar-refractivity contribution is 0.262. The number of aryl methyl sites for hydroxylation is 1. The van der Waals surface area contributed by atoms with Crippen LogP contribution < -0.4 is 10.6 Å². The number of carbonyl (C=O) groups is 1. The molecule has 24 heavy (non-hydrogen) atoms. The molecule has 1 aromatic heterocycles. The molecule has 0 atom stereocenters. The highest BCUT2D eigenvalue weighted by Gasteiger charge is 2.15. The number of amides is 2. The largest absolute Gasteiger partial charge is 0.323 e. The van der Waals surface area contributed by atoms with Crippen molar-refractivity contribution in [3.63, 3.8) is 0 Å².